The van der Waals surface area contributed by atoms with Crippen molar-refractivity contribution in [1.29, 1.82) is 0 Å². The van der Waals surface area contributed by atoms with Crippen molar-refractivity contribution in [2.45, 2.75) is 45.2 Å². The van der Waals surface area contributed by atoms with E-state index in [2.05, 4.69) is 0 Å². The van der Waals surface area contributed by atoms with Crippen molar-refractivity contribution < 1.29 is 14.7 Å². The first-order chi connectivity index (χ1) is 9.63. The summed E-state index contributed by atoms with van der Waals surface area (Å²) in [6.07, 6.45) is 5.49. The number of nitrogens with zero attached hydrogens (tertiary/aromatic N) is 1. The Morgan fingerprint density at radius 3 is 2.60 bits per heavy atom. The molecule has 4 heteroatoms. The maximum absolute atomic E-state index is 12.2. The van der Waals surface area contributed by atoms with Gasteiger partial charge in [-0.1, -0.05) is 25.3 Å². The highest BCUT2D eigenvalue weighted by Crippen LogP contribution is 2.31. The molecule has 1 aromatic carbocycles. The largest absolute Gasteiger partial charge is 0.478 e. The normalized spacial score (nSPS) is 17.7. The number of amides is 1. The van der Waals surface area contributed by atoms with Crippen molar-refractivity contribution in [2.24, 2.45) is 5.92 Å². The van der Waals surface area contributed by atoms with Crippen molar-refractivity contribution in [3.05, 3.63) is 34.9 Å². The maximum atomic E-state index is 12.2. The van der Waals surface area contributed by atoms with Crippen LogP contribution in [0.15, 0.2) is 18.2 Å². The Kier molecular flexibility index (Phi) is 3.47. The molecule has 1 fully saturated rings. The second-order valence-electron chi connectivity index (χ2n) is 5.87. The number of benzene rings is 1. The zero-order valence-corrected chi connectivity index (χ0v) is 11.5. The molecule has 1 saturated carbocycles. The molecule has 2 aliphatic rings. The number of carboxylic acid groups (broad SMARTS) is 1. The first-order valence-electron chi connectivity index (χ1n) is 7.26. The van der Waals surface area contributed by atoms with Crippen LogP contribution in [0, 0.1) is 5.92 Å². The SMILES string of the molecule is O=C(O)c1ccc2c(c1)CN(C(=O)CCC1CCC1)C2. The van der Waals surface area contributed by atoms with E-state index >= 15 is 0 Å². The summed E-state index contributed by atoms with van der Waals surface area (Å²) in [7, 11) is 0. The molecule has 0 aromatic heterocycles. The molecule has 1 aliphatic carbocycles. The summed E-state index contributed by atoms with van der Waals surface area (Å²) in [5.74, 6) is 0.0371. The van der Waals surface area contributed by atoms with Gasteiger partial charge >= 0.3 is 5.97 Å². The van der Waals surface area contributed by atoms with Crippen LogP contribution in [0.1, 0.15) is 53.6 Å². The van der Waals surface area contributed by atoms with Crippen LogP contribution in [0.5, 0.6) is 0 Å². The van der Waals surface area contributed by atoms with Crippen molar-refractivity contribution >= 4 is 11.9 Å². The third kappa shape index (κ3) is 2.55. The Balaban J connectivity index is 1.60. The third-order valence-electron chi connectivity index (χ3n) is 4.52. The lowest BCUT2D eigenvalue weighted by Gasteiger charge is -2.25. The van der Waals surface area contributed by atoms with Crippen LogP contribution >= 0.6 is 0 Å². The number of carbonyl (C=O) groups is 2. The summed E-state index contributed by atoms with van der Waals surface area (Å²) in [6, 6.07) is 5.14. The molecule has 1 aliphatic heterocycles. The molecule has 20 heavy (non-hydrogen) atoms. The molecule has 1 amide bonds. The quantitative estimate of drug-likeness (QED) is 0.917. The Morgan fingerprint density at radius 1 is 1.20 bits per heavy atom. The molecule has 4 nitrogen and oxygen atoms in total. The lowest BCUT2D eigenvalue weighted by atomic mass is 9.82. The molecule has 0 saturated heterocycles. The smallest absolute Gasteiger partial charge is 0.335 e. The maximum Gasteiger partial charge on any atom is 0.335 e. The Labute approximate surface area is 118 Å². The molecular formula is C16H19NO3. The number of carboxylic acids is 1. The van der Waals surface area contributed by atoms with Gasteiger partial charge in [0.2, 0.25) is 5.91 Å². The van der Waals surface area contributed by atoms with Gasteiger partial charge < -0.3 is 10.0 Å². The van der Waals surface area contributed by atoms with Gasteiger partial charge in [0.05, 0.1) is 5.56 Å². The highest BCUT2D eigenvalue weighted by Gasteiger charge is 2.25. The molecule has 0 atom stereocenters. The van der Waals surface area contributed by atoms with Crippen molar-refractivity contribution in [3.63, 3.8) is 0 Å². The highest BCUT2D eigenvalue weighted by atomic mass is 16.4. The minimum Gasteiger partial charge on any atom is -0.478 e. The minimum absolute atomic E-state index is 0.199. The van der Waals surface area contributed by atoms with Gasteiger partial charge in [0.1, 0.15) is 0 Å². The Bertz CT molecular complexity index is 549. The van der Waals surface area contributed by atoms with E-state index in [9.17, 15) is 9.59 Å². The number of hydrogen-bond acceptors (Lipinski definition) is 2. The Hall–Kier alpha value is -1.84. The second kappa shape index (κ2) is 5.27. The monoisotopic (exact) mass is 273 g/mol. The molecular weight excluding hydrogens is 254 g/mol. The lowest BCUT2D eigenvalue weighted by Crippen LogP contribution is -2.26. The van der Waals surface area contributed by atoms with Crippen molar-refractivity contribution in [3.8, 4) is 0 Å². The number of carbonyl (C=O) groups excluding carboxylic acids is 1. The topological polar surface area (TPSA) is 57.6 Å². The Morgan fingerprint density at radius 2 is 1.95 bits per heavy atom. The summed E-state index contributed by atoms with van der Waals surface area (Å²) in [5, 5.41) is 8.99. The number of hydrogen-bond donors (Lipinski definition) is 1. The molecule has 1 heterocycles. The van der Waals surface area contributed by atoms with E-state index in [0.717, 1.165) is 23.5 Å². The summed E-state index contributed by atoms with van der Waals surface area (Å²) in [6.45, 7) is 1.18. The van der Waals surface area contributed by atoms with Crippen LogP contribution in [-0.4, -0.2) is 21.9 Å². The minimum atomic E-state index is -0.914. The average molecular weight is 273 g/mol. The number of rotatable bonds is 4. The predicted molar refractivity (Wildman–Crippen MR) is 74.2 cm³/mol. The molecule has 0 spiro atoms. The molecule has 1 N–H and O–H groups in total. The first kappa shape index (κ1) is 13.2. The summed E-state index contributed by atoms with van der Waals surface area (Å²) in [4.78, 5) is 25.0. The van der Waals surface area contributed by atoms with Crippen LogP contribution in [0.4, 0.5) is 0 Å². The van der Waals surface area contributed by atoms with E-state index in [1.165, 1.54) is 19.3 Å². The van der Waals surface area contributed by atoms with Crippen LogP contribution in [0.25, 0.3) is 0 Å². The van der Waals surface area contributed by atoms with E-state index in [4.69, 9.17) is 5.11 Å². The van der Waals surface area contributed by atoms with Crippen molar-refractivity contribution in [2.75, 3.05) is 0 Å². The van der Waals surface area contributed by atoms with E-state index in [-0.39, 0.29) is 5.91 Å². The summed E-state index contributed by atoms with van der Waals surface area (Å²) in [5.41, 5.74) is 2.35. The fourth-order valence-electron chi connectivity index (χ4n) is 2.97. The standard InChI is InChI=1S/C16H19NO3/c18-15(7-4-11-2-1-3-11)17-9-13-6-5-12(16(19)20)8-14(13)10-17/h5-6,8,11H,1-4,7,9-10H2,(H,19,20). The lowest BCUT2D eigenvalue weighted by molar-refractivity contribution is -0.132. The molecule has 0 bridgehead atoms. The van der Waals surface area contributed by atoms with E-state index in [0.29, 0.717) is 25.1 Å². The van der Waals surface area contributed by atoms with Gasteiger partial charge in [0.25, 0.3) is 0 Å². The van der Waals surface area contributed by atoms with Gasteiger partial charge in [0, 0.05) is 19.5 Å². The highest BCUT2D eigenvalue weighted by molar-refractivity contribution is 5.88. The van der Waals surface area contributed by atoms with Crippen molar-refractivity contribution in [1.82, 2.24) is 4.90 Å². The number of aromatic carboxylic acids is 1. The second-order valence-corrected chi connectivity index (χ2v) is 5.87. The van der Waals surface area contributed by atoms with Crippen LogP contribution < -0.4 is 0 Å². The molecule has 106 valence electrons. The molecule has 0 radical (unpaired) electrons. The molecule has 1 aromatic rings. The summed E-state index contributed by atoms with van der Waals surface area (Å²) < 4.78 is 0. The van der Waals surface area contributed by atoms with Gasteiger partial charge in [-0.2, -0.15) is 0 Å². The first-order valence-corrected chi connectivity index (χ1v) is 7.26. The van der Waals surface area contributed by atoms with Crippen LogP contribution in [0.3, 0.4) is 0 Å². The van der Waals surface area contributed by atoms with E-state index in [1.807, 2.05) is 11.0 Å². The fourth-order valence-corrected chi connectivity index (χ4v) is 2.97. The van der Waals surface area contributed by atoms with Crippen LogP contribution in [0.2, 0.25) is 0 Å². The molecule has 3 rings (SSSR count). The van der Waals surface area contributed by atoms with Gasteiger partial charge in [0.15, 0.2) is 0 Å². The van der Waals surface area contributed by atoms with Gasteiger partial charge in [-0.3, -0.25) is 4.79 Å². The predicted octanol–water partition coefficient (Wildman–Crippen LogP) is 2.81. The fraction of sp³-hybridized carbons (Fsp3) is 0.500. The van der Waals surface area contributed by atoms with Gasteiger partial charge in [-0.25, -0.2) is 4.79 Å². The number of fused-ring (bicyclic) bond motifs is 1. The van der Waals surface area contributed by atoms with E-state index in [1.54, 1.807) is 12.1 Å². The van der Waals surface area contributed by atoms with Crippen LogP contribution in [-0.2, 0) is 17.9 Å². The van der Waals surface area contributed by atoms with Gasteiger partial charge in [-0.15, -0.1) is 0 Å². The molecule has 0 unspecified atom stereocenters. The zero-order valence-electron chi connectivity index (χ0n) is 11.5. The van der Waals surface area contributed by atoms with Gasteiger partial charge in [-0.05, 0) is 35.6 Å². The summed E-state index contributed by atoms with van der Waals surface area (Å²) >= 11 is 0. The van der Waals surface area contributed by atoms with E-state index < -0.39 is 5.97 Å². The zero-order chi connectivity index (χ0) is 14.1. The average Bonchev–Trinajstić information content (AvgIpc) is 2.79. The third-order valence-corrected chi connectivity index (χ3v) is 4.52.